The maximum Gasteiger partial charge on any atom is 0.191 e. The molecule has 0 fully saturated rings. The monoisotopic (exact) mass is 381 g/mol. The predicted molar refractivity (Wildman–Crippen MR) is 92.4 cm³/mol. The van der Waals surface area contributed by atoms with Crippen molar-refractivity contribution in [3.63, 3.8) is 0 Å². The van der Waals surface area contributed by atoms with Gasteiger partial charge in [0.1, 0.15) is 0 Å². The third-order valence-electron chi connectivity index (χ3n) is 2.40. The van der Waals surface area contributed by atoms with Gasteiger partial charge in [0.15, 0.2) is 5.96 Å². The topological polar surface area (TPSA) is 36.4 Å². The maximum absolute atomic E-state index is 4.22. The Morgan fingerprint density at radius 1 is 1.44 bits per heavy atom. The summed E-state index contributed by atoms with van der Waals surface area (Å²) in [7, 11) is 1.80. The van der Waals surface area contributed by atoms with Crippen molar-refractivity contribution in [1.29, 1.82) is 0 Å². The van der Waals surface area contributed by atoms with Crippen LogP contribution in [0.1, 0.15) is 39.2 Å². The van der Waals surface area contributed by atoms with Crippen molar-refractivity contribution in [2.24, 2.45) is 4.99 Å². The van der Waals surface area contributed by atoms with Crippen LogP contribution in [0.3, 0.4) is 0 Å². The van der Waals surface area contributed by atoms with Gasteiger partial charge in [0.05, 0.1) is 0 Å². The fourth-order valence-corrected chi connectivity index (χ4v) is 2.24. The molecule has 0 aromatic carbocycles. The smallest absolute Gasteiger partial charge is 0.191 e. The lowest BCUT2D eigenvalue weighted by atomic mass is 10.1. The molecule has 0 aliphatic rings. The van der Waals surface area contributed by atoms with Crippen molar-refractivity contribution in [2.45, 2.75) is 39.2 Å². The van der Waals surface area contributed by atoms with Crippen LogP contribution in [0, 0.1) is 0 Å². The molecule has 1 rings (SSSR count). The van der Waals surface area contributed by atoms with Crippen molar-refractivity contribution in [3.8, 4) is 0 Å². The van der Waals surface area contributed by atoms with Gasteiger partial charge in [0.25, 0.3) is 0 Å². The molecular formula is C13H24IN3S. The summed E-state index contributed by atoms with van der Waals surface area (Å²) in [4.78, 5) is 4.22. The Bertz CT molecular complexity index is 355. The molecular weight excluding hydrogens is 357 g/mol. The largest absolute Gasteiger partial charge is 0.356 e. The Morgan fingerprint density at radius 3 is 2.56 bits per heavy atom. The number of guanidine groups is 1. The fourth-order valence-electron chi connectivity index (χ4n) is 1.46. The molecule has 0 amide bonds. The van der Waals surface area contributed by atoms with E-state index in [2.05, 4.69) is 60.1 Å². The first kappa shape index (κ1) is 17.7. The number of halogens is 1. The minimum Gasteiger partial charge on any atom is -0.356 e. The summed E-state index contributed by atoms with van der Waals surface area (Å²) in [5.74, 6) is 1.36. The fraction of sp³-hybridized carbons (Fsp3) is 0.615. The Labute approximate surface area is 131 Å². The first-order chi connectivity index (χ1) is 7.92. The maximum atomic E-state index is 4.22. The highest BCUT2D eigenvalue weighted by Crippen LogP contribution is 2.16. The van der Waals surface area contributed by atoms with E-state index in [0.29, 0.717) is 5.92 Å². The van der Waals surface area contributed by atoms with Crippen LogP contribution in [0.4, 0.5) is 0 Å². The molecule has 5 heteroatoms. The third kappa shape index (κ3) is 6.58. The Balaban J connectivity index is 0.00000289. The van der Waals surface area contributed by atoms with Gasteiger partial charge in [-0.15, -0.1) is 24.0 Å². The van der Waals surface area contributed by atoms with E-state index < -0.39 is 0 Å². The van der Waals surface area contributed by atoms with Crippen LogP contribution in [-0.2, 0) is 0 Å². The summed E-state index contributed by atoms with van der Waals surface area (Å²) in [5.41, 5.74) is 1.42. The summed E-state index contributed by atoms with van der Waals surface area (Å²) in [6.07, 6.45) is 0. The molecule has 18 heavy (non-hydrogen) atoms. The van der Waals surface area contributed by atoms with E-state index in [1.807, 2.05) is 0 Å². The molecule has 0 bridgehead atoms. The van der Waals surface area contributed by atoms with Crippen LogP contribution in [0.15, 0.2) is 21.8 Å². The Morgan fingerprint density at radius 2 is 2.11 bits per heavy atom. The molecule has 0 aliphatic carbocycles. The van der Waals surface area contributed by atoms with E-state index in [1.54, 1.807) is 18.4 Å². The molecule has 1 heterocycles. The number of nitrogens with zero attached hydrogens (tertiary/aromatic N) is 1. The number of nitrogens with one attached hydrogen (secondary N) is 2. The zero-order chi connectivity index (χ0) is 12.9. The lowest BCUT2D eigenvalue weighted by Gasteiger charge is -2.24. The van der Waals surface area contributed by atoms with Crippen molar-refractivity contribution >= 4 is 41.3 Å². The molecule has 0 saturated heterocycles. The van der Waals surface area contributed by atoms with E-state index in [1.165, 1.54) is 5.56 Å². The van der Waals surface area contributed by atoms with Gasteiger partial charge in [-0.2, -0.15) is 11.3 Å². The van der Waals surface area contributed by atoms with Gasteiger partial charge in [-0.05, 0) is 49.1 Å². The second-order valence-electron chi connectivity index (χ2n) is 5.29. The number of thiophene rings is 1. The van der Waals surface area contributed by atoms with Gasteiger partial charge in [-0.3, -0.25) is 4.99 Å². The summed E-state index contributed by atoms with van der Waals surface area (Å²) in [5, 5.41) is 11.0. The number of rotatable bonds is 3. The molecule has 0 saturated carbocycles. The van der Waals surface area contributed by atoms with Crippen LogP contribution in [0.5, 0.6) is 0 Å². The molecule has 2 N–H and O–H groups in total. The summed E-state index contributed by atoms with van der Waals surface area (Å²) in [6, 6.07) is 2.18. The Kier molecular flexibility index (Phi) is 7.86. The first-order valence-corrected chi connectivity index (χ1v) is 6.87. The molecule has 0 spiro atoms. The van der Waals surface area contributed by atoms with Gasteiger partial charge >= 0.3 is 0 Å². The first-order valence-electron chi connectivity index (χ1n) is 5.93. The van der Waals surface area contributed by atoms with Crippen molar-refractivity contribution in [3.05, 3.63) is 22.4 Å². The average molecular weight is 381 g/mol. The number of aliphatic imine (C=N–C) groups is 1. The molecule has 1 atom stereocenters. The third-order valence-corrected chi connectivity index (χ3v) is 3.11. The predicted octanol–water partition coefficient (Wildman–Crippen LogP) is 3.43. The minimum atomic E-state index is 0. The molecule has 1 aromatic rings. The van der Waals surface area contributed by atoms with Crippen molar-refractivity contribution in [2.75, 3.05) is 13.6 Å². The molecule has 1 unspecified atom stereocenters. The molecule has 1 aromatic heterocycles. The van der Waals surface area contributed by atoms with Crippen LogP contribution >= 0.6 is 35.3 Å². The van der Waals surface area contributed by atoms with Gasteiger partial charge in [0, 0.05) is 19.1 Å². The van der Waals surface area contributed by atoms with Crippen LogP contribution in [-0.4, -0.2) is 25.1 Å². The van der Waals surface area contributed by atoms with Crippen molar-refractivity contribution < 1.29 is 0 Å². The van der Waals surface area contributed by atoms with E-state index >= 15 is 0 Å². The van der Waals surface area contributed by atoms with Crippen LogP contribution < -0.4 is 10.6 Å². The lowest BCUT2D eigenvalue weighted by molar-refractivity contribution is 0.499. The highest BCUT2D eigenvalue weighted by atomic mass is 127. The second-order valence-corrected chi connectivity index (χ2v) is 6.07. The van der Waals surface area contributed by atoms with Gasteiger partial charge < -0.3 is 10.6 Å². The van der Waals surface area contributed by atoms with Crippen molar-refractivity contribution in [1.82, 2.24) is 10.6 Å². The summed E-state index contributed by atoms with van der Waals surface area (Å²) < 4.78 is 0. The van der Waals surface area contributed by atoms with E-state index in [0.717, 1.165) is 12.5 Å². The summed E-state index contributed by atoms with van der Waals surface area (Å²) >= 11 is 1.74. The van der Waals surface area contributed by atoms with Gasteiger partial charge in [0.2, 0.25) is 0 Å². The lowest BCUT2D eigenvalue weighted by Crippen LogP contribution is -2.48. The van der Waals surface area contributed by atoms with Gasteiger partial charge in [-0.25, -0.2) is 0 Å². The summed E-state index contributed by atoms with van der Waals surface area (Å²) in [6.45, 7) is 9.50. The SMILES string of the molecule is CN=C(NCC(C)c1ccsc1)NC(C)(C)C.I. The molecule has 104 valence electrons. The average Bonchev–Trinajstić information content (AvgIpc) is 2.75. The number of hydrogen-bond donors (Lipinski definition) is 2. The zero-order valence-electron chi connectivity index (χ0n) is 11.8. The quantitative estimate of drug-likeness (QED) is 0.478. The van der Waals surface area contributed by atoms with Crippen LogP contribution in [0.25, 0.3) is 0 Å². The highest BCUT2D eigenvalue weighted by Gasteiger charge is 2.12. The highest BCUT2D eigenvalue weighted by molar-refractivity contribution is 14.0. The minimum absolute atomic E-state index is 0. The molecule has 3 nitrogen and oxygen atoms in total. The molecule has 0 radical (unpaired) electrons. The van der Waals surface area contributed by atoms with Crippen LogP contribution in [0.2, 0.25) is 0 Å². The number of hydrogen-bond acceptors (Lipinski definition) is 2. The standard InChI is InChI=1S/C13H23N3S.HI/c1-10(11-6-7-17-9-11)8-15-12(14-5)16-13(2,3)4;/h6-7,9-10H,8H2,1-5H3,(H2,14,15,16);1H. The molecule has 0 aliphatic heterocycles. The second kappa shape index (κ2) is 7.99. The normalized spacial score (nSPS) is 13.7. The van der Waals surface area contributed by atoms with E-state index in [-0.39, 0.29) is 29.5 Å². The van der Waals surface area contributed by atoms with E-state index in [4.69, 9.17) is 0 Å². The van der Waals surface area contributed by atoms with E-state index in [9.17, 15) is 0 Å². The zero-order valence-corrected chi connectivity index (χ0v) is 14.9. The Hall–Kier alpha value is -0.300. The van der Waals surface area contributed by atoms with Gasteiger partial charge in [-0.1, -0.05) is 6.92 Å².